The molecule has 26 heavy (non-hydrogen) atoms. The van der Waals surface area contributed by atoms with E-state index < -0.39 is 6.10 Å². The zero-order chi connectivity index (χ0) is 17.5. The molecule has 0 bridgehead atoms. The highest BCUT2D eigenvalue weighted by molar-refractivity contribution is 7.16. The van der Waals surface area contributed by atoms with Crippen LogP contribution in [0.15, 0.2) is 48.5 Å². The maximum absolute atomic E-state index is 12.6. The highest BCUT2D eigenvalue weighted by Gasteiger charge is 2.29. The predicted molar refractivity (Wildman–Crippen MR) is 96.9 cm³/mol. The van der Waals surface area contributed by atoms with Crippen molar-refractivity contribution in [1.82, 2.24) is 4.98 Å². The van der Waals surface area contributed by atoms with Gasteiger partial charge in [-0.25, -0.2) is 4.98 Å². The van der Waals surface area contributed by atoms with Crippen molar-refractivity contribution in [1.29, 1.82) is 0 Å². The average molecular weight is 366 g/mol. The third-order valence-corrected chi connectivity index (χ3v) is 5.17. The van der Waals surface area contributed by atoms with E-state index in [0.29, 0.717) is 23.2 Å². The van der Waals surface area contributed by atoms with Crippen LogP contribution in [0.3, 0.4) is 0 Å². The molecule has 2 aromatic carbocycles. The van der Waals surface area contributed by atoms with Crippen LogP contribution in [0.25, 0.3) is 11.3 Å². The van der Waals surface area contributed by atoms with Gasteiger partial charge in [0.05, 0.1) is 10.6 Å². The maximum Gasteiger partial charge on any atom is 0.270 e. The summed E-state index contributed by atoms with van der Waals surface area (Å²) in [4.78, 5) is 18.1. The molecule has 2 aliphatic rings. The molecule has 0 saturated carbocycles. The fraction of sp³-hybridized carbons (Fsp3) is 0.158. The number of amides is 1. The van der Waals surface area contributed by atoms with E-state index in [9.17, 15) is 4.79 Å². The van der Waals surface area contributed by atoms with Crippen molar-refractivity contribution in [3.8, 4) is 28.5 Å². The van der Waals surface area contributed by atoms with Gasteiger partial charge in [0.2, 0.25) is 6.10 Å². The van der Waals surface area contributed by atoms with Crippen LogP contribution in [0.2, 0.25) is 0 Å². The molecule has 6 nitrogen and oxygen atoms in total. The fourth-order valence-electron chi connectivity index (χ4n) is 2.98. The van der Waals surface area contributed by atoms with Crippen molar-refractivity contribution in [2.45, 2.75) is 12.7 Å². The van der Waals surface area contributed by atoms with E-state index >= 15 is 0 Å². The first-order valence-corrected chi connectivity index (χ1v) is 9.01. The molecule has 1 N–H and O–H groups in total. The lowest BCUT2D eigenvalue weighted by Crippen LogP contribution is -2.40. The first kappa shape index (κ1) is 15.2. The summed E-state index contributed by atoms with van der Waals surface area (Å²) >= 11 is 1.41. The van der Waals surface area contributed by atoms with Crippen molar-refractivity contribution in [2.24, 2.45) is 0 Å². The molecular weight excluding hydrogens is 352 g/mol. The molecule has 3 aromatic rings. The molecule has 5 rings (SSSR count). The molecule has 0 aliphatic carbocycles. The van der Waals surface area contributed by atoms with Gasteiger partial charge in [-0.15, -0.1) is 0 Å². The molecule has 1 amide bonds. The molecule has 1 atom stereocenters. The normalized spacial score (nSPS) is 16.8. The van der Waals surface area contributed by atoms with Crippen LogP contribution in [0.5, 0.6) is 17.2 Å². The van der Waals surface area contributed by atoms with E-state index in [4.69, 9.17) is 14.2 Å². The Balaban J connectivity index is 1.35. The molecule has 130 valence electrons. The molecule has 7 heteroatoms. The van der Waals surface area contributed by atoms with Crippen LogP contribution >= 0.6 is 11.3 Å². The molecule has 0 fully saturated rings. The predicted octanol–water partition coefficient (Wildman–Crippen LogP) is 3.48. The highest BCUT2D eigenvalue weighted by Crippen LogP contribution is 2.40. The Labute approximate surface area is 153 Å². The number of hydrogen-bond donors (Lipinski definition) is 1. The largest absolute Gasteiger partial charge is 0.487 e. The number of thiazole rings is 1. The number of rotatable bonds is 2. The number of benzene rings is 2. The summed E-state index contributed by atoms with van der Waals surface area (Å²) in [5.41, 5.74) is 1.80. The second-order valence-corrected chi connectivity index (χ2v) is 7.01. The van der Waals surface area contributed by atoms with Gasteiger partial charge in [0.15, 0.2) is 16.6 Å². The van der Waals surface area contributed by atoms with Crippen molar-refractivity contribution in [2.75, 3.05) is 11.9 Å². The lowest BCUT2D eigenvalue weighted by atomic mass is 10.1. The first-order valence-electron chi connectivity index (χ1n) is 8.19. The molecular formula is C19H14N2O4S. The summed E-state index contributed by atoms with van der Waals surface area (Å²) in [6, 6.07) is 15.1. The Morgan fingerprint density at radius 2 is 1.81 bits per heavy atom. The molecule has 2 aliphatic heterocycles. The second-order valence-electron chi connectivity index (χ2n) is 5.93. The van der Waals surface area contributed by atoms with E-state index in [0.717, 1.165) is 21.9 Å². The van der Waals surface area contributed by atoms with E-state index in [1.165, 1.54) is 11.3 Å². The van der Waals surface area contributed by atoms with Gasteiger partial charge in [-0.3, -0.25) is 10.1 Å². The monoisotopic (exact) mass is 366 g/mol. The maximum atomic E-state index is 12.6. The Morgan fingerprint density at radius 3 is 2.69 bits per heavy atom. The number of aromatic nitrogens is 1. The number of nitrogens with zero attached hydrogens (tertiary/aromatic N) is 1. The molecule has 0 spiro atoms. The van der Waals surface area contributed by atoms with Gasteiger partial charge in [0, 0.05) is 5.56 Å². The Bertz CT molecular complexity index is 1000. The van der Waals surface area contributed by atoms with Gasteiger partial charge < -0.3 is 14.2 Å². The topological polar surface area (TPSA) is 69.7 Å². The van der Waals surface area contributed by atoms with Crippen molar-refractivity contribution < 1.29 is 19.0 Å². The van der Waals surface area contributed by atoms with Crippen LogP contribution in [0.1, 0.15) is 4.88 Å². The third kappa shape index (κ3) is 2.57. The van der Waals surface area contributed by atoms with Gasteiger partial charge in [0.25, 0.3) is 5.91 Å². The molecule has 3 heterocycles. The van der Waals surface area contributed by atoms with Crippen LogP contribution in [0.4, 0.5) is 5.13 Å². The summed E-state index contributed by atoms with van der Waals surface area (Å²) < 4.78 is 17.1. The number of carbonyl (C=O) groups excluding carboxylic acids is 1. The van der Waals surface area contributed by atoms with Crippen molar-refractivity contribution in [3.05, 3.63) is 53.4 Å². The van der Waals surface area contributed by atoms with Gasteiger partial charge in [-0.2, -0.15) is 0 Å². The number of hydrogen-bond acceptors (Lipinski definition) is 6. The number of ether oxygens (including phenoxy) is 3. The van der Waals surface area contributed by atoms with E-state index in [-0.39, 0.29) is 12.5 Å². The quantitative estimate of drug-likeness (QED) is 0.752. The van der Waals surface area contributed by atoms with E-state index in [1.807, 2.05) is 42.5 Å². The van der Waals surface area contributed by atoms with Crippen molar-refractivity contribution >= 4 is 22.4 Å². The summed E-state index contributed by atoms with van der Waals surface area (Å²) in [7, 11) is 0. The van der Waals surface area contributed by atoms with Gasteiger partial charge in [0.1, 0.15) is 19.0 Å². The average Bonchev–Trinajstić information content (AvgIpc) is 3.10. The Kier molecular flexibility index (Phi) is 3.53. The smallest absolute Gasteiger partial charge is 0.270 e. The zero-order valence-corrected chi connectivity index (χ0v) is 14.4. The van der Waals surface area contributed by atoms with Crippen LogP contribution in [-0.2, 0) is 11.4 Å². The summed E-state index contributed by atoms with van der Waals surface area (Å²) in [6.07, 6.45) is -0.714. The number of para-hydroxylation sites is 3. The van der Waals surface area contributed by atoms with Crippen molar-refractivity contribution in [3.63, 3.8) is 0 Å². The number of anilines is 1. The zero-order valence-electron chi connectivity index (χ0n) is 13.6. The van der Waals surface area contributed by atoms with Gasteiger partial charge in [-0.05, 0) is 24.3 Å². The Morgan fingerprint density at radius 1 is 1.04 bits per heavy atom. The molecule has 0 unspecified atom stereocenters. The van der Waals surface area contributed by atoms with Gasteiger partial charge in [-0.1, -0.05) is 35.6 Å². The summed E-state index contributed by atoms with van der Waals surface area (Å²) in [5, 5.41) is 3.37. The van der Waals surface area contributed by atoms with E-state index in [2.05, 4.69) is 10.3 Å². The SMILES string of the molecule is O=C(Nc1nc2c(s1)COc1ccccc1-2)[C@H]1COc2ccccc2O1. The standard InChI is InChI=1S/C19H14N2O4S/c22-18(15-9-23-13-7-3-4-8-14(13)25-15)21-19-20-17-11-5-1-2-6-12(11)24-10-16(17)26-19/h1-8,15H,9-10H2,(H,20,21,22)/t15-/m1/s1. The van der Waals surface area contributed by atoms with Crippen LogP contribution < -0.4 is 19.5 Å². The molecule has 0 saturated heterocycles. The minimum atomic E-state index is -0.714. The Hall–Kier alpha value is -3.06. The highest BCUT2D eigenvalue weighted by atomic mass is 32.1. The minimum Gasteiger partial charge on any atom is -0.487 e. The fourth-order valence-corrected chi connectivity index (χ4v) is 3.87. The van der Waals surface area contributed by atoms with Crippen LogP contribution in [-0.4, -0.2) is 23.6 Å². The summed E-state index contributed by atoms with van der Waals surface area (Å²) in [6.45, 7) is 0.621. The van der Waals surface area contributed by atoms with Crippen LogP contribution in [0, 0.1) is 0 Å². The third-order valence-electron chi connectivity index (χ3n) is 4.23. The lowest BCUT2D eigenvalue weighted by Gasteiger charge is -2.25. The minimum absolute atomic E-state index is 0.167. The first-order chi connectivity index (χ1) is 12.8. The lowest BCUT2D eigenvalue weighted by molar-refractivity contribution is -0.125. The number of fused-ring (bicyclic) bond motifs is 4. The van der Waals surface area contributed by atoms with E-state index in [1.54, 1.807) is 6.07 Å². The second kappa shape index (κ2) is 6.03. The molecule has 1 aromatic heterocycles. The molecule has 0 radical (unpaired) electrons. The number of carbonyl (C=O) groups is 1. The number of nitrogens with one attached hydrogen (secondary N) is 1. The summed E-state index contributed by atoms with van der Waals surface area (Å²) in [5.74, 6) is 1.75. The van der Waals surface area contributed by atoms with Gasteiger partial charge >= 0.3 is 0 Å².